The average molecular weight is 392 g/mol. The van der Waals surface area contributed by atoms with Gasteiger partial charge in [0.15, 0.2) is 11.5 Å². The molecule has 0 unspecified atom stereocenters. The molecular weight excluding hydrogens is 372 g/mol. The lowest BCUT2D eigenvalue weighted by Crippen LogP contribution is -2.49. The van der Waals surface area contributed by atoms with Gasteiger partial charge in [-0.25, -0.2) is 0 Å². The van der Waals surface area contributed by atoms with Crippen LogP contribution in [0, 0.1) is 0 Å². The van der Waals surface area contributed by atoms with Crippen molar-refractivity contribution in [1.82, 2.24) is 9.80 Å². The van der Waals surface area contributed by atoms with Gasteiger partial charge >= 0.3 is 0 Å². The lowest BCUT2D eigenvalue weighted by Gasteiger charge is -2.34. The molecule has 0 atom stereocenters. The molecule has 0 N–H and O–H groups in total. The number of fused-ring (bicyclic) bond motifs is 2. The summed E-state index contributed by atoms with van der Waals surface area (Å²) in [6.07, 6.45) is 1.28. The van der Waals surface area contributed by atoms with E-state index in [4.69, 9.17) is 13.9 Å². The topological polar surface area (TPSA) is 72.2 Å². The fourth-order valence-corrected chi connectivity index (χ4v) is 3.80. The van der Waals surface area contributed by atoms with Gasteiger partial charge < -0.3 is 18.8 Å². The molecule has 5 rings (SSSR count). The van der Waals surface area contributed by atoms with Crippen LogP contribution in [0.5, 0.6) is 11.5 Å². The molecule has 2 aliphatic rings. The second-order valence-electron chi connectivity index (χ2n) is 7.23. The zero-order chi connectivity index (χ0) is 19.8. The van der Waals surface area contributed by atoms with Crippen molar-refractivity contribution in [2.24, 2.45) is 0 Å². The van der Waals surface area contributed by atoms with Gasteiger partial charge in [-0.15, -0.1) is 0 Å². The van der Waals surface area contributed by atoms with Crippen molar-refractivity contribution in [3.63, 3.8) is 0 Å². The lowest BCUT2D eigenvalue weighted by molar-refractivity contribution is 0.0625. The van der Waals surface area contributed by atoms with E-state index in [0.717, 1.165) is 36.7 Å². The Hall–Kier alpha value is -3.32. The fourth-order valence-electron chi connectivity index (χ4n) is 3.80. The van der Waals surface area contributed by atoms with Gasteiger partial charge in [0.25, 0.3) is 5.91 Å². The van der Waals surface area contributed by atoms with Gasteiger partial charge in [0.1, 0.15) is 17.4 Å². The Kier molecular flexibility index (Phi) is 4.44. The van der Waals surface area contributed by atoms with Crippen molar-refractivity contribution >= 4 is 16.9 Å². The molecule has 29 heavy (non-hydrogen) atoms. The normalized spacial score (nSPS) is 16.3. The molecule has 7 heteroatoms. The van der Waals surface area contributed by atoms with E-state index in [2.05, 4.69) is 4.90 Å². The summed E-state index contributed by atoms with van der Waals surface area (Å²) in [6.45, 7) is 3.64. The summed E-state index contributed by atoms with van der Waals surface area (Å²) in [5.74, 6) is 1.28. The van der Waals surface area contributed by atoms with Crippen LogP contribution in [0.3, 0.4) is 0 Å². The predicted octanol–water partition coefficient (Wildman–Crippen LogP) is 2.48. The second-order valence-corrected chi connectivity index (χ2v) is 7.23. The van der Waals surface area contributed by atoms with Gasteiger partial charge in [-0.1, -0.05) is 18.2 Å². The average Bonchev–Trinajstić information content (AvgIpc) is 3.22. The van der Waals surface area contributed by atoms with E-state index < -0.39 is 0 Å². The Morgan fingerprint density at radius 2 is 1.76 bits per heavy atom. The summed E-state index contributed by atoms with van der Waals surface area (Å²) in [4.78, 5) is 29.5. The Morgan fingerprint density at radius 1 is 0.966 bits per heavy atom. The van der Waals surface area contributed by atoms with E-state index in [1.54, 1.807) is 29.2 Å². The molecule has 0 spiro atoms. The van der Waals surface area contributed by atoms with Gasteiger partial charge in [0, 0.05) is 32.7 Å². The Bertz CT molecular complexity index is 1130. The van der Waals surface area contributed by atoms with E-state index in [1.165, 1.54) is 6.26 Å². The first-order chi connectivity index (χ1) is 14.2. The van der Waals surface area contributed by atoms with Crippen LogP contribution in [0.4, 0.5) is 0 Å². The van der Waals surface area contributed by atoms with Crippen LogP contribution in [0.15, 0.2) is 57.9 Å². The third-order valence-electron chi connectivity index (χ3n) is 5.41. The lowest BCUT2D eigenvalue weighted by atomic mass is 10.1. The molecule has 1 fully saturated rings. The van der Waals surface area contributed by atoms with Crippen molar-refractivity contribution in [3.8, 4) is 11.5 Å². The molecule has 148 valence electrons. The maximum Gasteiger partial charge on any atom is 0.261 e. The highest BCUT2D eigenvalue weighted by Gasteiger charge is 2.25. The van der Waals surface area contributed by atoms with E-state index >= 15 is 0 Å². The number of para-hydroxylation sites is 1. The molecule has 0 radical (unpaired) electrons. The van der Waals surface area contributed by atoms with Crippen molar-refractivity contribution in [2.45, 2.75) is 6.54 Å². The van der Waals surface area contributed by atoms with Crippen LogP contribution in [0.1, 0.15) is 15.9 Å². The second kappa shape index (κ2) is 7.25. The largest absolute Gasteiger partial charge is 0.463 e. The van der Waals surface area contributed by atoms with E-state index in [0.29, 0.717) is 24.1 Å². The number of ether oxygens (including phenoxy) is 2. The van der Waals surface area contributed by atoms with Gasteiger partial charge in [0.05, 0.1) is 5.39 Å². The molecule has 1 amide bonds. The van der Waals surface area contributed by atoms with Crippen LogP contribution in [0.25, 0.3) is 11.0 Å². The third kappa shape index (κ3) is 3.34. The van der Waals surface area contributed by atoms with Crippen molar-refractivity contribution in [3.05, 3.63) is 70.1 Å². The maximum atomic E-state index is 12.9. The summed E-state index contributed by atoms with van der Waals surface area (Å²) in [5, 5.41) is 0.430. The number of benzene rings is 2. The standard InChI is InChI=1S/C22H20N2O5/c25-21-16-3-1-2-4-18(16)27-13-17(21)22(26)24-9-7-23(8-10-24)12-15-5-6-19-20(11-15)29-14-28-19/h1-6,11,13H,7-10,12,14H2. The zero-order valence-electron chi connectivity index (χ0n) is 15.8. The quantitative estimate of drug-likeness (QED) is 0.682. The van der Waals surface area contributed by atoms with Gasteiger partial charge in [-0.2, -0.15) is 0 Å². The van der Waals surface area contributed by atoms with Crippen molar-refractivity contribution in [2.75, 3.05) is 33.0 Å². The number of carbonyl (C=O) groups excluding carboxylic acids is 1. The van der Waals surface area contributed by atoms with Crippen LogP contribution < -0.4 is 14.9 Å². The highest BCUT2D eigenvalue weighted by atomic mass is 16.7. The van der Waals surface area contributed by atoms with E-state index in [-0.39, 0.29) is 23.7 Å². The molecule has 1 aromatic heterocycles. The first-order valence-electron chi connectivity index (χ1n) is 9.60. The summed E-state index contributed by atoms with van der Waals surface area (Å²) < 4.78 is 16.3. The summed E-state index contributed by atoms with van der Waals surface area (Å²) >= 11 is 0. The van der Waals surface area contributed by atoms with Gasteiger partial charge in [-0.3, -0.25) is 14.5 Å². The summed E-state index contributed by atoms with van der Waals surface area (Å²) in [6, 6.07) is 12.9. The Balaban J connectivity index is 1.25. The first kappa shape index (κ1) is 17.8. The molecular formula is C22H20N2O5. The minimum Gasteiger partial charge on any atom is -0.463 e. The number of hydrogen-bond donors (Lipinski definition) is 0. The number of rotatable bonds is 3. The fraction of sp³-hybridized carbons (Fsp3) is 0.273. The first-order valence-corrected chi connectivity index (χ1v) is 9.60. The minimum atomic E-state index is -0.278. The van der Waals surface area contributed by atoms with Crippen LogP contribution in [-0.4, -0.2) is 48.7 Å². The van der Waals surface area contributed by atoms with E-state index in [1.807, 2.05) is 18.2 Å². The van der Waals surface area contributed by atoms with Gasteiger partial charge in [-0.05, 0) is 29.8 Å². The molecule has 2 aliphatic heterocycles. The molecule has 0 saturated carbocycles. The minimum absolute atomic E-state index is 0.0907. The number of carbonyl (C=O) groups is 1. The van der Waals surface area contributed by atoms with Crippen LogP contribution in [0.2, 0.25) is 0 Å². The molecule has 7 nitrogen and oxygen atoms in total. The smallest absolute Gasteiger partial charge is 0.261 e. The highest BCUT2D eigenvalue weighted by Crippen LogP contribution is 2.32. The predicted molar refractivity (Wildman–Crippen MR) is 106 cm³/mol. The Labute approximate surface area is 167 Å². The van der Waals surface area contributed by atoms with Crippen LogP contribution >= 0.6 is 0 Å². The zero-order valence-corrected chi connectivity index (χ0v) is 15.8. The third-order valence-corrected chi connectivity index (χ3v) is 5.41. The Morgan fingerprint density at radius 3 is 2.62 bits per heavy atom. The molecule has 3 aromatic rings. The maximum absolute atomic E-state index is 12.9. The van der Waals surface area contributed by atoms with Crippen molar-refractivity contribution < 1.29 is 18.7 Å². The van der Waals surface area contributed by atoms with Gasteiger partial charge in [0.2, 0.25) is 12.2 Å². The molecule has 3 heterocycles. The number of nitrogens with zero attached hydrogens (tertiary/aromatic N) is 2. The molecule has 2 aromatic carbocycles. The summed E-state index contributed by atoms with van der Waals surface area (Å²) in [7, 11) is 0. The number of amides is 1. The molecule has 0 bridgehead atoms. The highest BCUT2D eigenvalue weighted by molar-refractivity contribution is 5.96. The summed E-state index contributed by atoms with van der Waals surface area (Å²) in [5.41, 5.74) is 1.44. The van der Waals surface area contributed by atoms with Crippen molar-refractivity contribution in [1.29, 1.82) is 0 Å². The number of hydrogen-bond acceptors (Lipinski definition) is 6. The number of piperazine rings is 1. The molecule has 0 aliphatic carbocycles. The molecule has 1 saturated heterocycles. The van der Waals surface area contributed by atoms with Crippen LogP contribution in [-0.2, 0) is 6.54 Å². The van der Waals surface area contributed by atoms with E-state index in [9.17, 15) is 9.59 Å². The SMILES string of the molecule is O=C(c1coc2ccccc2c1=O)N1CCN(Cc2ccc3c(c2)OCO3)CC1. The monoisotopic (exact) mass is 392 g/mol.